The molecule has 1 N–H and O–H groups in total. The third-order valence-corrected chi connectivity index (χ3v) is 6.63. The second-order valence-corrected chi connectivity index (χ2v) is 8.74. The van der Waals surface area contributed by atoms with Gasteiger partial charge in [-0.1, -0.05) is 47.8 Å². The van der Waals surface area contributed by atoms with Crippen LogP contribution in [0.5, 0.6) is 0 Å². The van der Waals surface area contributed by atoms with Gasteiger partial charge in [0, 0.05) is 37.8 Å². The summed E-state index contributed by atoms with van der Waals surface area (Å²) in [6, 6.07) is 8.50. The van der Waals surface area contributed by atoms with Crippen LogP contribution in [-0.4, -0.2) is 64.1 Å². The predicted molar refractivity (Wildman–Crippen MR) is 116 cm³/mol. The zero-order chi connectivity index (χ0) is 21.1. The molecule has 2 aliphatic rings. The standard InChI is InChI=1S/C23H33N5O2/c1-16-8-10-19(11-9-16)21-25-23(30-26-21)18(3)28-14-12-27(13-15-28)17(2)22(29)24-20-6-4-5-7-20/h8-11,17-18,20H,4-7,12-15H2,1-3H3,(H,24,29). The minimum atomic E-state index is -0.0837. The molecule has 2 heterocycles. The Labute approximate surface area is 178 Å². The molecule has 7 heteroatoms. The third-order valence-electron chi connectivity index (χ3n) is 6.63. The van der Waals surface area contributed by atoms with Gasteiger partial charge in [-0.2, -0.15) is 4.98 Å². The van der Waals surface area contributed by atoms with Crippen molar-refractivity contribution in [1.29, 1.82) is 0 Å². The van der Waals surface area contributed by atoms with Gasteiger partial charge in [0.15, 0.2) is 0 Å². The van der Waals surface area contributed by atoms with Crippen LogP contribution in [0, 0.1) is 6.92 Å². The number of hydrogen-bond donors (Lipinski definition) is 1. The number of rotatable bonds is 6. The molecule has 1 aliphatic carbocycles. The average molecular weight is 412 g/mol. The Balaban J connectivity index is 1.30. The molecular weight excluding hydrogens is 378 g/mol. The van der Waals surface area contributed by atoms with E-state index in [9.17, 15) is 4.79 Å². The van der Waals surface area contributed by atoms with Crippen molar-refractivity contribution in [2.45, 2.75) is 64.6 Å². The first-order chi connectivity index (χ1) is 14.5. The van der Waals surface area contributed by atoms with Crippen LogP contribution in [0.2, 0.25) is 0 Å². The lowest BCUT2D eigenvalue weighted by molar-refractivity contribution is -0.127. The Bertz CT molecular complexity index is 836. The van der Waals surface area contributed by atoms with Crippen molar-refractivity contribution in [2.75, 3.05) is 26.2 Å². The molecule has 30 heavy (non-hydrogen) atoms. The molecule has 0 spiro atoms. The fourth-order valence-corrected chi connectivity index (χ4v) is 4.45. The van der Waals surface area contributed by atoms with Gasteiger partial charge in [0.25, 0.3) is 0 Å². The number of carbonyl (C=O) groups excluding carboxylic acids is 1. The summed E-state index contributed by atoms with van der Waals surface area (Å²) < 4.78 is 5.57. The molecule has 1 aromatic heterocycles. The summed E-state index contributed by atoms with van der Waals surface area (Å²) in [6.07, 6.45) is 4.71. The van der Waals surface area contributed by atoms with Crippen molar-refractivity contribution < 1.29 is 9.32 Å². The minimum absolute atomic E-state index is 0.0569. The highest BCUT2D eigenvalue weighted by Gasteiger charge is 2.30. The van der Waals surface area contributed by atoms with E-state index in [1.807, 2.05) is 19.1 Å². The summed E-state index contributed by atoms with van der Waals surface area (Å²) in [6.45, 7) is 9.68. The molecule has 1 aromatic carbocycles. The molecule has 2 fully saturated rings. The largest absolute Gasteiger partial charge is 0.352 e. The second kappa shape index (κ2) is 9.27. The maximum atomic E-state index is 12.6. The van der Waals surface area contributed by atoms with E-state index < -0.39 is 0 Å². The van der Waals surface area contributed by atoms with Gasteiger partial charge in [-0.05, 0) is 33.6 Å². The van der Waals surface area contributed by atoms with Crippen molar-refractivity contribution >= 4 is 5.91 Å². The second-order valence-electron chi connectivity index (χ2n) is 8.74. The maximum Gasteiger partial charge on any atom is 0.244 e. The Morgan fingerprint density at radius 2 is 1.70 bits per heavy atom. The molecule has 0 radical (unpaired) electrons. The SMILES string of the molecule is Cc1ccc(-c2noc(C(C)N3CCN(C(C)C(=O)NC4CCCC4)CC3)n2)cc1. The molecular formula is C23H33N5O2. The van der Waals surface area contributed by atoms with E-state index in [0.29, 0.717) is 17.8 Å². The lowest BCUT2D eigenvalue weighted by atomic mass is 10.1. The predicted octanol–water partition coefficient (Wildman–Crippen LogP) is 3.17. The summed E-state index contributed by atoms with van der Waals surface area (Å²) in [5.74, 6) is 1.45. The van der Waals surface area contributed by atoms with Gasteiger partial charge in [-0.15, -0.1) is 0 Å². The summed E-state index contributed by atoms with van der Waals surface area (Å²) in [7, 11) is 0. The summed E-state index contributed by atoms with van der Waals surface area (Å²) in [4.78, 5) is 21.9. The lowest BCUT2D eigenvalue weighted by Crippen LogP contribution is -2.55. The summed E-state index contributed by atoms with van der Waals surface area (Å²) in [5, 5.41) is 7.40. The first-order valence-corrected chi connectivity index (χ1v) is 11.2. The minimum Gasteiger partial charge on any atom is -0.352 e. The van der Waals surface area contributed by atoms with Crippen molar-refractivity contribution in [2.24, 2.45) is 0 Å². The number of nitrogens with one attached hydrogen (secondary N) is 1. The molecule has 1 saturated carbocycles. The van der Waals surface area contributed by atoms with Crippen molar-refractivity contribution in [3.63, 3.8) is 0 Å². The molecule has 4 rings (SSSR count). The van der Waals surface area contributed by atoms with E-state index in [1.54, 1.807) is 0 Å². The van der Waals surface area contributed by atoms with Gasteiger partial charge in [0.1, 0.15) is 0 Å². The van der Waals surface area contributed by atoms with Crippen molar-refractivity contribution in [3.05, 3.63) is 35.7 Å². The first kappa shape index (κ1) is 21.0. The maximum absolute atomic E-state index is 12.6. The molecule has 162 valence electrons. The Hall–Kier alpha value is -2.25. The first-order valence-electron chi connectivity index (χ1n) is 11.2. The van der Waals surface area contributed by atoms with E-state index >= 15 is 0 Å². The van der Waals surface area contributed by atoms with E-state index in [1.165, 1.54) is 18.4 Å². The number of amides is 1. The van der Waals surface area contributed by atoms with Gasteiger partial charge in [0.05, 0.1) is 12.1 Å². The Morgan fingerprint density at radius 3 is 2.37 bits per heavy atom. The molecule has 1 saturated heterocycles. The zero-order valence-electron chi connectivity index (χ0n) is 18.3. The van der Waals surface area contributed by atoms with Crippen LogP contribution in [0.4, 0.5) is 0 Å². The Kier molecular flexibility index (Phi) is 6.49. The molecule has 2 aromatic rings. The molecule has 2 atom stereocenters. The van der Waals surface area contributed by atoms with E-state index in [-0.39, 0.29) is 18.0 Å². The van der Waals surface area contributed by atoms with Crippen LogP contribution in [0.15, 0.2) is 28.8 Å². The number of hydrogen-bond acceptors (Lipinski definition) is 6. The van der Waals surface area contributed by atoms with Crippen LogP contribution < -0.4 is 5.32 Å². The van der Waals surface area contributed by atoms with Crippen LogP contribution in [0.25, 0.3) is 11.4 Å². The van der Waals surface area contributed by atoms with Crippen LogP contribution in [0.1, 0.15) is 57.0 Å². The summed E-state index contributed by atoms with van der Waals surface area (Å²) in [5.41, 5.74) is 2.18. The van der Waals surface area contributed by atoms with E-state index in [2.05, 4.69) is 51.2 Å². The van der Waals surface area contributed by atoms with Gasteiger partial charge < -0.3 is 9.84 Å². The highest BCUT2D eigenvalue weighted by molar-refractivity contribution is 5.81. The number of nitrogens with zero attached hydrogens (tertiary/aromatic N) is 4. The number of carbonyl (C=O) groups is 1. The smallest absolute Gasteiger partial charge is 0.244 e. The number of aromatic nitrogens is 2. The fourth-order valence-electron chi connectivity index (χ4n) is 4.45. The third kappa shape index (κ3) is 4.73. The molecule has 0 bridgehead atoms. The molecule has 7 nitrogen and oxygen atoms in total. The van der Waals surface area contributed by atoms with Crippen LogP contribution in [-0.2, 0) is 4.79 Å². The monoisotopic (exact) mass is 411 g/mol. The van der Waals surface area contributed by atoms with Crippen LogP contribution in [0.3, 0.4) is 0 Å². The van der Waals surface area contributed by atoms with E-state index in [4.69, 9.17) is 4.52 Å². The van der Waals surface area contributed by atoms with Gasteiger partial charge in [-0.3, -0.25) is 14.6 Å². The van der Waals surface area contributed by atoms with Gasteiger partial charge >= 0.3 is 0 Å². The fraction of sp³-hybridized carbons (Fsp3) is 0.609. The highest BCUT2D eigenvalue weighted by atomic mass is 16.5. The lowest BCUT2D eigenvalue weighted by Gasteiger charge is -2.39. The topological polar surface area (TPSA) is 74.5 Å². The highest BCUT2D eigenvalue weighted by Crippen LogP contribution is 2.24. The van der Waals surface area contributed by atoms with Gasteiger partial charge in [-0.25, -0.2) is 0 Å². The zero-order valence-corrected chi connectivity index (χ0v) is 18.3. The number of aryl methyl sites for hydroxylation is 1. The number of benzene rings is 1. The average Bonchev–Trinajstić information content (AvgIpc) is 3.46. The van der Waals surface area contributed by atoms with Crippen molar-refractivity contribution in [3.8, 4) is 11.4 Å². The normalized spacial score (nSPS) is 20.9. The van der Waals surface area contributed by atoms with Crippen molar-refractivity contribution in [1.82, 2.24) is 25.3 Å². The molecule has 2 unspecified atom stereocenters. The Morgan fingerprint density at radius 1 is 1.07 bits per heavy atom. The van der Waals surface area contributed by atoms with Gasteiger partial charge in [0.2, 0.25) is 17.6 Å². The molecule has 1 aliphatic heterocycles. The van der Waals surface area contributed by atoms with E-state index in [0.717, 1.165) is 44.6 Å². The van der Waals surface area contributed by atoms with Crippen LogP contribution >= 0.6 is 0 Å². The number of piperazine rings is 1. The molecule has 1 amide bonds. The quantitative estimate of drug-likeness (QED) is 0.787. The summed E-state index contributed by atoms with van der Waals surface area (Å²) >= 11 is 0.